The highest BCUT2D eigenvalue weighted by molar-refractivity contribution is 5.87. The SMILES string of the molecule is COC(=O)N[C@H](C(=O)N1CCCC1c1nc(-c2ccc(-c3ccc(-c4c[nH]c(C5CCC6(CCC(F)(F)CC6)N5C(=O)[C@H](CC(C)C)N(C)C(=O)O)n4)cc3)cc2)c[nH]1)C(C)C. The molecule has 2 aromatic heterocycles. The van der Waals surface area contributed by atoms with Gasteiger partial charge in [0.25, 0.3) is 0 Å². The zero-order valence-corrected chi connectivity index (χ0v) is 36.3. The summed E-state index contributed by atoms with van der Waals surface area (Å²) in [6.45, 7) is 8.20. The van der Waals surface area contributed by atoms with Gasteiger partial charge in [-0.2, -0.15) is 0 Å². The van der Waals surface area contributed by atoms with Gasteiger partial charge in [-0.25, -0.2) is 28.3 Å². The number of benzene rings is 2. The number of carbonyl (C=O) groups is 4. The Morgan fingerprint density at radius 1 is 0.823 bits per heavy atom. The summed E-state index contributed by atoms with van der Waals surface area (Å²) in [5, 5.41) is 12.6. The monoisotopic (exact) mass is 856 g/mol. The first-order chi connectivity index (χ1) is 29.5. The molecular weight excluding hydrogens is 799 g/mol. The molecule has 14 nitrogen and oxygen atoms in total. The predicted molar refractivity (Wildman–Crippen MR) is 229 cm³/mol. The third kappa shape index (κ3) is 9.05. The number of ether oxygens (including phenoxy) is 1. The molecule has 4 heterocycles. The van der Waals surface area contributed by atoms with Crippen LogP contribution >= 0.6 is 0 Å². The van der Waals surface area contributed by atoms with Gasteiger partial charge in [0.1, 0.15) is 23.7 Å². The molecule has 4 atom stereocenters. The van der Waals surface area contributed by atoms with Gasteiger partial charge in [0, 0.05) is 55.5 Å². The molecule has 1 aliphatic carbocycles. The maximum Gasteiger partial charge on any atom is 0.407 e. The lowest BCUT2D eigenvalue weighted by Crippen LogP contribution is -2.58. The van der Waals surface area contributed by atoms with Crippen molar-refractivity contribution < 1.29 is 37.8 Å². The summed E-state index contributed by atoms with van der Waals surface area (Å²) in [5.74, 6) is -2.19. The minimum Gasteiger partial charge on any atom is -0.465 e. The van der Waals surface area contributed by atoms with Gasteiger partial charge in [-0.15, -0.1) is 0 Å². The number of rotatable bonds is 12. The van der Waals surface area contributed by atoms with Crippen LogP contribution in [0.4, 0.5) is 18.4 Å². The molecule has 2 aliphatic heterocycles. The first kappa shape index (κ1) is 44.3. The van der Waals surface area contributed by atoms with Gasteiger partial charge in [-0.05, 0) is 67.9 Å². The normalized spacial score (nSPS) is 20.4. The van der Waals surface area contributed by atoms with Crippen molar-refractivity contribution >= 4 is 24.0 Å². The fourth-order valence-corrected chi connectivity index (χ4v) is 9.54. The molecule has 4 amide bonds. The van der Waals surface area contributed by atoms with Crippen LogP contribution in [0, 0.1) is 11.8 Å². The van der Waals surface area contributed by atoms with E-state index in [1.54, 1.807) is 16.0 Å². The summed E-state index contributed by atoms with van der Waals surface area (Å²) in [6.07, 6.45) is 4.36. The van der Waals surface area contributed by atoms with E-state index in [2.05, 4.69) is 15.3 Å². The predicted octanol–water partition coefficient (Wildman–Crippen LogP) is 8.81. The van der Waals surface area contributed by atoms with Crippen molar-refractivity contribution in [2.24, 2.45) is 11.8 Å². The Labute approximate surface area is 360 Å². The summed E-state index contributed by atoms with van der Waals surface area (Å²) in [7, 11) is 2.67. The standard InChI is InChI=1S/C46H58F2N8O6/c1-27(2)24-37(54(5)44(60)61)41(57)56-36(17-18-45(56)19-21-46(47,48)22-20-45)40-50-26-34(52-40)32-15-11-30(12-16-32)29-9-13-31(14-10-29)33-25-49-39(51-33)35-8-7-23-55(35)42(58)38(28(3)4)53-43(59)62-6/h9-16,25-28,35-38H,7-8,17-24H2,1-6H3,(H,49,51)(H,50,52)(H,53,59)(H,60,61)/t35?,36?,37-,38-/m0/s1. The number of likely N-dealkylation sites (tertiary alicyclic amines) is 2. The maximum atomic E-state index is 14.5. The van der Waals surface area contributed by atoms with Gasteiger partial charge in [0.05, 0.1) is 30.6 Å². The van der Waals surface area contributed by atoms with E-state index in [1.165, 1.54) is 14.2 Å². The Bertz CT molecular complexity index is 2230. The second-order valence-electron chi connectivity index (χ2n) is 17.9. The number of methoxy groups -OCH3 is 1. The van der Waals surface area contributed by atoms with E-state index in [0.717, 1.165) is 45.7 Å². The number of aromatic amines is 2. The molecular formula is C46H58F2N8O6. The van der Waals surface area contributed by atoms with Crippen LogP contribution in [0.2, 0.25) is 0 Å². The zero-order chi connectivity index (χ0) is 44.5. The van der Waals surface area contributed by atoms with Crippen LogP contribution in [0.1, 0.15) is 109 Å². The molecule has 4 aromatic rings. The minimum atomic E-state index is -2.80. The van der Waals surface area contributed by atoms with Crippen molar-refractivity contribution in [1.29, 1.82) is 0 Å². The van der Waals surface area contributed by atoms with Crippen molar-refractivity contribution in [3.63, 3.8) is 0 Å². The zero-order valence-electron chi connectivity index (χ0n) is 36.3. The lowest BCUT2D eigenvalue weighted by molar-refractivity contribution is -0.149. The number of nitrogens with zero attached hydrogens (tertiary/aromatic N) is 5. The number of carbonyl (C=O) groups excluding carboxylic acids is 3. The molecule has 62 heavy (non-hydrogen) atoms. The fraction of sp³-hybridized carbons (Fsp3) is 0.522. The maximum absolute atomic E-state index is 14.5. The van der Waals surface area contributed by atoms with Crippen molar-refractivity contribution in [3.8, 4) is 33.6 Å². The second-order valence-corrected chi connectivity index (χ2v) is 17.9. The summed E-state index contributed by atoms with van der Waals surface area (Å²) in [5.41, 5.74) is 4.36. The molecule has 332 valence electrons. The Hall–Kier alpha value is -5.80. The number of alkyl halides is 2. The lowest BCUT2D eigenvalue weighted by Gasteiger charge is -2.47. The Morgan fingerprint density at radius 2 is 1.35 bits per heavy atom. The average Bonchev–Trinajstić information content (AvgIpc) is 4.09. The molecule has 0 bridgehead atoms. The minimum absolute atomic E-state index is 0.0237. The summed E-state index contributed by atoms with van der Waals surface area (Å²) in [6, 6.07) is 13.6. The first-order valence-corrected chi connectivity index (χ1v) is 21.6. The molecule has 16 heteroatoms. The smallest absolute Gasteiger partial charge is 0.407 e. The fourth-order valence-electron chi connectivity index (χ4n) is 9.54. The Kier molecular flexibility index (Phi) is 12.8. The van der Waals surface area contributed by atoms with Crippen molar-refractivity contribution in [2.75, 3.05) is 20.7 Å². The topological polar surface area (TPSA) is 177 Å². The van der Waals surface area contributed by atoms with Gasteiger partial charge < -0.3 is 34.9 Å². The van der Waals surface area contributed by atoms with Crippen molar-refractivity contribution in [1.82, 2.24) is 40.0 Å². The van der Waals surface area contributed by atoms with Crippen molar-refractivity contribution in [3.05, 3.63) is 72.6 Å². The average molecular weight is 857 g/mol. The number of imidazole rings is 2. The highest BCUT2D eigenvalue weighted by Crippen LogP contribution is 2.53. The van der Waals surface area contributed by atoms with Gasteiger partial charge in [0.15, 0.2) is 0 Å². The summed E-state index contributed by atoms with van der Waals surface area (Å²) in [4.78, 5) is 73.2. The quantitative estimate of drug-likeness (QED) is 0.109. The number of hydrogen-bond donors (Lipinski definition) is 4. The largest absolute Gasteiger partial charge is 0.465 e. The van der Waals surface area contributed by atoms with Crippen LogP contribution in [-0.4, -0.2) is 108 Å². The van der Waals surface area contributed by atoms with Crippen LogP contribution in [0.15, 0.2) is 60.9 Å². The van der Waals surface area contributed by atoms with E-state index >= 15 is 0 Å². The molecule has 7 rings (SSSR count). The van der Waals surface area contributed by atoms with Crippen LogP contribution in [0.3, 0.4) is 0 Å². The molecule has 2 saturated heterocycles. The molecule has 2 aromatic carbocycles. The number of likely N-dealkylation sites (N-methyl/N-ethyl adjacent to an activating group) is 1. The molecule has 1 spiro atoms. The lowest BCUT2D eigenvalue weighted by atomic mass is 9.77. The molecule has 0 radical (unpaired) electrons. The number of hydrogen-bond acceptors (Lipinski definition) is 7. The number of aromatic nitrogens is 4. The molecule has 1 saturated carbocycles. The van der Waals surface area contributed by atoms with Crippen molar-refractivity contribution in [2.45, 2.75) is 121 Å². The van der Waals surface area contributed by atoms with E-state index in [9.17, 15) is 33.1 Å². The van der Waals surface area contributed by atoms with E-state index in [1.807, 2.05) is 82.4 Å². The molecule has 3 fully saturated rings. The third-order valence-electron chi connectivity index (χ3n) is 13.1. The van der Waals surface area contributed by atoms with E-state index < -0.39 is 41.8 Å². The van der Waals surface area contributed by atoms with Gasteiger partial charge in [-0.1, -0.05) is 76.2 Å². The number of nitrogens with one attached hydrogen (secondary N) is 3. The second kappa shape index (κ2) is 17.9. The van der Waals surface area contributed by atoms with Gasteiger partial charge >= 0.3 is 12.2 Å². The highest BCUT2D eigenvalue weighted by Gasteiger charge is 2.55. The van der Waals surface area contributed by atoms with Crippen LogP contribution in [0.5, 0.6) is 0 Å². The number of amides is 4. The summed E-state index contributed by atoms with van der Waals surface area (Å²) < 4.78 is 33.7. The Balaban J connectivity index is 1.05. The van der Waals surface area contributed by atoms with Crippen LogP contribution in [0.25, 0.3) is 33.6 Å². The molecule has 2 unspecified atom stereocenters. The third-order valence-corrected chi connectivity index (χ3v) is 13.1. The van der Waals surface area contributed by atoms with Gasteiger partial charge in [0.2, 0.25) is 17.7 Å². The van der Waals surface area contributed by atoms with E-state index in [-0.39, 0.29) is 55.4 Å². The number of halogens is 2. The first-order valence-electron chi connectivity index (χ1n) is 21.6. The number of alkyl carbamates (subject to hydrolysis) is 1. The Morgan fingerprint density at radius 3 is 1.85 bits per heavy atom. The van der Waals surface area contributed by atoms with Gasteiger partial charge in [-0.3, -0.25) is 14.5 Å². The molecule has 3 aliphatic rings. The van der Waals surface area contributed by atoms with Crippen LogP contribution in [-0.2, 0) is 14.3 Å². The van der Waals surface area contributed by atoms with Crippen LogP contribution < -0.4 is 5.32 Å². The number of H-pyrrole nitrogens is 2. The number of carboxylic acid groups (broad SMARTS) is 1. The summed E-state index contributed by atoms with van der Waals surface area (Å²) >= 11 is 0. The van der Waals surface area contributed by atoms with E-state index in [4.69, 9.17) is 14.7 Å². The molecule has 4 N–H and O–H groups in total. The highest BCUT2D eigenvalue weighted by atomic mass is 19.3. The van der Waals surface area contributed by atoms with E-state index in [0.29, 0.717) is 43.1 Å².